The fourth-order valence-electron chi connectivity index (χ4n) is 8.03. The molecular weight excluding hydrogens is 1230 g/mol. The Kier molecular flexibility index (Phi) is 31.5. The minimum atomic E-state index is 0.845. The standard InChI is InChI=1S/C10H8.C8H7N.C8H6O.C8H6S.C7H6N2.2C6H5N3.C6H6.C5H5N.C4H5N.C4H4O.C4H4S.C3H4N2/c1-2-6-10-8-4-3-7-9(10)5-1;3*1-2-4-8-7(3-1)5-6-9-8;1-2-4-7-6(3-1)8-5-9-7;1-2-5-4-8-9-6(5)7-3-1;1-2-4-6-5(3-1)7-9-8-6;2*1-2-4-6-5-3-1;4*1-2-4-5-3-1/h1-8H;1-6,9H;2*1-6H;1-5H,(H,8,9);2*1-4H,(H,7,8,9);1-6H;1-5H;1-5H;2*1-4H;1-3H,(H,4,5). The van der Waals surface area contributed by atoms with Crippen LogP contribution >= 0.6 is 22.7 Å². The van der Waals surface area contributed by atoms with Crippen molar-refractivity contribution in [3.05, 3.63) is 394 Å². The number of nitrogens with one attached hydrogen (secondary N) is 6. The van der Waals surface area contributed by atoms with Gasteiger partial charge in [0, 0.05) is 70.6 Å². The Labute approximate surface area is 563 Å². The van der Waals surface area contributed by atoms with Crippen LogP contribution in [0.3, 0.4) is 0 Å². The minimum Gasteiger partial charge on any atom is -0.473 e. The number of fused-ring (bicyclic) bond motifs is 7. The van der Waals surface area contributed by atoms with Crippen molar-refractivity contribution in [3.63, 3.8) is 0 Å². The lowest BCUT2D eigenvalue weighted by molar-refractivity contribution is 0.567. The zero-order chi connectivity index (χ0) is 66.1. The van der Waals surface area contributed by atoms with E-state index >= 15 is 0 Å². The van der Waals surface area contributed by atoms with Crippen LogP contribution in [0.5, 0.6) is 0 Å². The molecule has 6 N–H and O–H groups in total. The molecule has 0 aliphatic carbocycles. The molecule has 0 saturated heterocycles. The summed E-state index contributed by atoms with van der Waals surface area (Å²) >= 11 is 3.50. The highest BCUT2D eigenvalue weighted by Gasteiger charge is 1.94. The van der Waals surface area contributed by atoms with Crippen LogP contribution in [0.15, 0.2) is 403 Å². The molecule has 8 aromatic carbocycles. The molecular formula is C79H71N13O2S2. The normalized spacial score (nSPS) is 9.46. The summed E-state index contributed by atoms with van der Waals surface area (Å²) in [5, 5.41) is 36.7. The summed E-state index contributed by atoms with van der Waals surface area (Å²) in [5.41, 5.74) is 6.96. The van der Waals surface area contributed by atoms with E-state index in [9.17, 15) is 0 Å². The van der Waals surface area contributed by atoms with E-state index < -0.39 is 0 Å². The SMILES string of the molecule is c1cc[nH]c1.c1ccc2[nH]ccc2c1.c1ccc2[nH]cnc2c1.c1ccc2ccccc2c1.c1ccc2n[nH]nc2c1.c1ccc2occc2c1.c1ccc2sccc2c1.c1ccccc1.c1ccncc1.c1ccoc1.c1ccsc1.c1cn[nH]c1.c1cnc2[nH]ncc2c1. The number of nitrogens with zero attached hydrogens (tertiary/aromatic N) is 7. The van der Waals surface area contributed by atoms with Gasteiger partial charge in [0.25, 0.3) is 0 Å². The molecule has 0 spiro atoms. The molecule has 0 aliphatic rings. The van der Waals surface area contributed by atoms with E-state index in [0.717, 1.165) is 44.1 Å². The second-order valence-electron chi connectivity index (χ2n) is 19.3. The Morgan fingerprint density at radius 3 is 1.44 bits per heavy atom. The van der Waals surface area contributed by atoms with Crippen molar-refractivity contribution >= 4 is 98.5 Å². The van der Waals surface area contributed by atoms with Gasteiger partial charge in [-0.3, -0.25) is 15.2 Å². The first-order valence-corrected chi connectivity index (χ1v) is 32.1. The number of para-hydroxylation sites is 6. The van der Waals surface area contributed by atoms with Crippen molar-refractivity contribution < 1.29 is 8.83 Å². The minimum absolute atomic E-state index is 0.845. The van der Waals surface area contributed by atoms with Crippen molar-refractivity contribution in [2.24, 2.45) is 0 Å². The van der Waals surface area contributed by atoms with Crippen LogP contribution in [0.1, 0.15) is 0 Å². The first-order valence-electron chi connectivity index (χ1n) is 30.3. The molecule has 12 heterocycles. The molecule has 0 saturated carbocycles. The third-order valence-electron chi connectivity index (χ3n) is 12.6. The number of imidazole rings is 1. The van der Waals surface area contributed by atoms with E-state index in [2.05, 4.69) is 173 Å². The number of thiophene rings is 2. The molecule has 0 atom stereocenters. The van der Waals surface area contributed by atoms with Gasteiger partial charge < -0.3 is 23.8 Å². The molecule has 0 fully saturated rings. The van der Waals surface area contributed by atoms with E-state index in [1.807, 2.05) is 230 Å². The number of furan rings is 2. The van der Waals surface area contributed by atoms with Crippen molar-refractivity contribution in [2.75, 3.05) is 0 Å². The van der Waals surface area contributed by atoms with Gasteiger partial charge in [-0.05, 0) is 153 Å². The average molecular weight is 1300 g/mol. The van der Waals surface area contributed by atoms with Gasteiger partial charge in [0.05, 0.1) is 42.3 Å². The zero-order valence-corrected chi connectivity index (χ0v) is 53.9. The van der Waals surface area contributed by atoms with Crippen LogP contribution in [0, 0.1) is 0 Å². The highest BCUT2D eigenvalue weighted by molar-refractivity contribution is 7.17. The Morgan fingerprint density at radius 2 is 0.927 bits per heavy atom. The van der Waals surface area contributed by atoms with E-state index in [-0.39, 0.29) is 0 Å². The lowest BCUT2D eigenvalue weighted by atomic mass is 10.1. The Morgan fingerprint density at radius 1 is 0.344 bits per heavy atom. The molecule has 0 aliphatic heterocycles. The highest BCUT2D eigenvalue weighted by Crippen LogP contribution is 2.19. The molecule has 20 rings (SSSR count). The predicted octanol–water partition coefficient (Wildman–Crippen LogP) is 21.0. The first-order chi connectivity index (χ1) is 47.8. The maximum Gasteiger partial charge on any atom is 0.155 e. The van der Waals surface area contributed by atoms with Crippen LogP contribution in [0.25, 0.3) is 75.8 Å². The van der Waals surface area contributed by atoms with Crippen LogP contribution in [0.2, 0.25) is 0 Å². The monoisotopic (exact) mass is 1300 g/mol. The van der Waals surface area contributed by atoms with Gasteiger partial charge in [-0.2, -0.15) is 36.9 Å². The second-order valence-corrected chi connectivity index (χ2v) is 21.1. The summed E-state index contributed by atoms with van der Waals surface area (Å²) in [6.45, 7) is 0. The Hall–Kier alpha value is -12.8. The van der Waals surface area contributed by atoms with E-state index in [1.165, 1.54) is 31.8 Å². The van der Waals surface area contributed by atoms with Gasteiger partial charge in [-0.25, -0.2) is 9.97 Å². The number of aromatic nitrogens is 13. The van der Waals surface area contributed by atoms with Gasteiger partial charge in [0.15, 0.2) is 5.65 Å². The average Bonchev–Trinajstić information content (AvgIpc) is 3.49. The molecule has 476 valence electrons. The summed E-state index contributed by atoms with van der Waals surface area (Å²) in [4.78, 5) is 20.9. The number of pyridine rings is 2. The fraction of sp³-hybridized carbons (Fsp3) is 0. The number of benzene rings is 8. The van der Waals surface area contributed by atoms with Crippen molar-refractivity contribution in [3.8, 4) is 0 Å². The van der Waals surface area contributed by atoms with E-state index in [4.69, 9.17) is 4.42 Å². The third-order valence-corrected chi connectivity index (χ3v) is 14.1. The molecule has 0 amide bonds. The topological polar surface area (TPSA) is 211 Å². The van der Waals surface area contributed by atoms with Crippen molar-refractivity contribution in [1.82, 2.24) is 65.7 Å². The maximum atomic E-state index is 5.12. The molecule has 15 nitrogen and oxygen atoms in total. The van der Waals surface area contributed by atoms with Crippen LogP contribution in [-0.2, 0) is 0 Å². The Bertz CT molecular complexity index is 3990. The molecule has 0 radical (unpaired) electrons. The molecule has 0 unspecified atom stereocenters. The number of aromatic amines is 6. The highest BCUT2D eigenvalue weighted by atomic mass is 32.1. The largest absolute Gasteiger partial charge is 0.473 e. The van der Waals surface area contributed by atoms with E-state index in [1.54, 1.807) is 85.0 Å². The van der Waals surface area contributed by atoms with Crippen molar-refractivity contribution in [2.45, 2.75) is 0 Å². The van der Waals surface area contributed by atoms with Crippen molar-refractivity contribution in [1.29, 1.82) is 0 Å². The number of hydrogen-bond donors (Lipinski definition) is 6. The lowest BCUT2D eigenvalue weighted by Crippen LogP contribution is -1.71. The number of rotatable bonds is 0. The summed E-state index contributed by atoms with van der Waals surface area (Å²) in [5.74, 6) is 0. The Balaban J connectivity index is 0.000000134. The van der Waals surface area contributed by atoms with Gasteiger partial charge in [-0.15, -0.1) is 11.3 Å². The van der Waals surface area contributed by atoms with Gasteiger partial charge in [-0.1, -0.05) is 182 Å². The predicted molar refractivity (Wildman–Crippen MR) is 397 cm³/mol. The number of hydrogen-bond acceptors (Lipinski definition) is 11. The smallest absolute Gasteiger partial charge is 0.155 e. The van der Waals surface area contributed by atoms with Gasteiger partial charge in [0.2, 0.25) is 0 Å². The quantitative estimate of drug-likeness (QED) is 0.0851. The molecule has 20 aromatic rings. The summed E-state index contributed by atoms with van der Waals surface area (Å²) in [6, 6.07) is 98.1. The molecule has 0 bridgehead atoms. The fourth-order valence-corrected chi connectivity index (χ4v) is 9.27. The number of H-pyrrole nitrogens is 6. The van der Waals surface area contributed by atoms with E-state index in [0.29, 0.717) is 0 Å². The molecule has 12 aromatic heterocycles. The van der Waals surface area contributed by atoms with Gasteiger partial charge in [0.1, 0.15) is 16.6 Å². The summed E-state index contributed by atoms with van der Waals surface area (Å²) in [6.07, 6.45) is 22.8. The lowest BCUT2D eigenvalue weighted by Gasteiger charge is -1.92. The molecule has 96 heavy (non-hydrogen) atoms. The summed E-state index contributed by atoms with van der Waals surface area (Å²) < 4.78 is 11.1. The van der Waals surface area contributed by atoms with Crippen LogP contribution in [0.4, 0.5) is 0 Å². The molecule has 17 heteroatoms. The van der Waals surface area contributed by atoms with Crippen LogP contribution < -0.4 is 0 Å². The third kappa shape index (κ3) is 26.9. The second kappa shape index (κ2) is 43.8. The van der Waals surface area contributed by atoms with Gasteiger partial charge >= 0.3 is 0 Å². The van der Waals surface area contributed by atoms with Crippen LogP contribution in [-0.4, -0.2) is 65.7 Å². The maximum absolute atomic E-state index is 5.12. The first kappa shape index (κ1) is 69.1. The summed E-state index contributed by atoms with van der Waals surface area (Å²) in [7, 11) is 0. The zero-order valence-electron chi connectivity index (χ0n) is 52.3.